The first-order valence-electron chi connectivity index (χ1n) is 6.78. The summed E-state index contributed by atoms with van der Waals surface area (Å²) in [6, 6.07) is 1.89. The Hall–Kier alpha value is -2.28. The Morgan fingerprint density at radius 3 is 3.05 bits per heavy atom. The zero-order chi connectivity index (χ0) is 15.1. The maximum atomic E-state index is 5.05. The lowest BCUT2D eigenvalue weighted by Crippen LogP contribution is -2.06. The maximum Gasteiger partial charge on any atom is 0.156 e. The van der Waals surface area contributed by atoms with Crippen LogP contribution < -0.4 is 5.32 Å². The van der Waals surface area contributed by atoms with Gasteiger partial charge in [-0.05, 0) is 13.3 Å². The van der Waals surface area contributed by atoms with E-state index in [0.29, 0.717) is 19.0 Å². The number of rotatable bonds is 8. The summed E-state index contributed by atoms with van der Waals surface area (Å²) in [6.45, 7) is 7.38. The monoisotopic (exact) mass is 288 g/mol. The Kier molecular flexibility index (Phi) is 5.39. The van der Waals surface area contributed by atoms with Gasteiger partial charge in [-0.3, -0.25) is 4.68 Å². The molecule has 0 aliphatic rings. The van der Waals surface area contributed by atoms with Crippen molar-refractivity contribution < 1.29 is 4.74 Å². The Morgan fingerprint density at radius 2 is 2.29 bits per heavy atom. The molecule has 7 nitrogen and oxygen atoms in total. The van der Waals surface area contributed by atoms with Crippen LogP contribution in [-0.2, 0) is 24.4 Å². The Labute approximate surface area is 124 Å². The quantitative estimate of drug-likeness (QED) is 0.745. The summed E-state index contributed by atoms with van der Waals surface area (Å²) in [4.78, 5) is 8.68. The van der Waals surface area contributed by atoms with Crippen molar-refractivity contribution in [1.29, 1.82) is 0 Å². The van der Waals surface area contributed by atoms with E-state index in [4.69, 9.17) is 4.74 Å². The zero-order valence-electron chi connectivity index (χ0n) is 12.4. The van der Waals surface area contributed by atoms with Crippen LogP contribution in [0.1, 0.15) is 23.6 Å². The third-order valence-corrected chi connectivity index (χ3v) is 2.77. The largest absolute Gasteiger partial charge is 0.377 e. The van der Waals surface area contributed by atoms with Gasteiger partial charge < -0.3 is 10.1 Å². The number of nitrogens with one attached hydrogen (secondary N) is 1. The van der Waals surface area contributed by atoms with Gasteiger partial charge in [0.1, 0.15) is 18.1 Å². The lowest BCUT2D eigenvalue weighted by atomic mass is 10.4. The van der Waals surface area contributed by atoms with Gasteiger partial charge >= 0.3 is 0 Å². The van der Waals surface area contributed by atoms with Gasteiger partial charge in [-0.25, -0.2) is 9.97 Å². The average molecular weight is 288 g/mol. The van der Waals surface area contributed by atoms with E-state index in [1.165, 1.54) is 0 Å². The third-order valence-electron chi connectivity index (χ3n) is 2.77. The second-order valence-corrected chi connectivity index (χ2v) is 4.65. The molecule has 0 fully saturated rings. The van der Waals surface area contributed by atoms with Gasteiger partial charge in [-0.15, -0.1) is 11.7 Å². The molecule has 0 aromatic carbocycles. The van der Waals surface area contributed by atoms with E-state index in [0.717, 1.165) is 30.2 Å². The highest BCUT2D eigenvalue weighted by Crippen LogP contribution is 2.08. The fourth-order valence-corrected chi connectivity index (χ4v) is 1.85. The number of allylic oxidation sites excluding steroid dienone is 1. The van der Waals surface area contributed by atoms with Crippen molar-refractivity contribution in [2.24, 2.45) is 0 Å². The molecule has 0 unspecified atom stereocenters. The van der Waals surface area contributed by atoms with E-state index < -0.39 is 0 Å². The SMILES string of the molecule is C=CCCn1cc(CNc2cc(C)nc(COC)n2)nn1. The van der Waals surface area contributed by atoms with Crippen molar-refractivity contribution in [2.45, 2.75) is 33.0 Å². The van der Waals surface area contributed by atoms with Crippen LogP contribution in [-0.4, -0.2) is 32.1 Å². The smallest absolute Gasteiger partial charge is 0.156 e. The van der Waals surface area contributed by atoms with E-state index in [1.54, 1.807) is 11.8 Å². The number of ether oxygens (including phenoxy) is 1. The summed E-state index contributed by atoms with van der Waals surface area (Å²) >= 11 is 0. The molecule has 0 amide bonds. The van der Waals surface area contributed by atoms with E-state index in [9.17, 15) is 0 Å². The maximum absolute atomic E-state index is 5.05. The summed E-state index contributed by atoms with van der Waals surface area (Å²) in [7, 11) is 1.63. The lowest BCUT2D eigenvalue weighted by molar-refractivity contribution is 0.177. The van der Waals surface area contributed by atoms with E-state index >= 15 is 0 Å². The summed E-state index contributed by atoms with van der Waals surface area (Å²) in [5.74, 6) is 1.42. The van der Waals surface area contributed by atoms with Crippen LogP contribution in [0.5, 0.6) is 0 Å². The topological polar surface area (TPSA) is 77.8 Å². The summed E-state index contributed by atoms with van der Waals surface area (Å²) in [5, 5.41) is 11.4. The first kappa shape index (κ1) is 15.1. The molecule has 2 aromatic heterocycles. The van der Waals surface area contributed by atoms with Gasteiger partial charge in [0.25, 0.3) is 0 Å². The number of methoxy groups -OCH3 is 1. The number of aromatic nitrogens is 5. The Balaban J connectivity index is 1.95. The van der Waals surface area contributed by atoms with Gasteiger partial charge in [0.15, 0.2) is 5.82 Å². The van der Waals surface area contributed by atoms with Gasteiger partial charge in [0, 0.05) is 25.4 Å². The van der Waals surface area contributed by atoms with Crippen LogP contribution >= 0.6 is 0 Å². The number of nitrogens with zero attached hydrogens (tertiary/aromatic N) is 5. The highest BCUT2D eigenvalue weighted by Gasteiger charge is 2.04. The molecule has 0 aliphatic heterocycles. The first-order valence-corrected chi connectivity index (χ1v) is 6.78. The van der Waals surface area contributed by atoms with Gasteiger partial charge in [-0.1, -0.05) is 11.3 Å². The van der Waals surface area contributed by atoms with Gasteiger partial charge in [0.2, 0.25) is 0 Å². The molecule has 0 radical (unpaired) electrons. The molecule has 1 N–H and O–H groups in total. The molecule has 2 aromatic rings. The highest BCUT2D eigenvalue weighted by atomic mass is 16.5. The normalized spacial score (nSPS) is 10.6. The second-order valence-electron chi connectivity index (χ2n) is 4.65. The number of hydrogen-bond donors (Lipinski definition) is 1. The summed E-state index contributed by atoms with van der Waals surface area (Å²) in [6.07, 6.45) is 4.66. The van der Waals surface area contributed by atoms with Crippen molar-refractivity contribution in [3.63, 3.8) is 0 Å². The second kappa shape index (κ2) is 7.49. The summed E-state index contributed by atoms with van der Waals surface area (Å²) in [5.41, 5.74) is 1.76. The standard InChI is InChI=1S/C14H20N6O/c1-4-5-6-20-9-12(18-19-20)8-15-13-7-11(2)16-14(17-13)10-21-3/h4,7,9H,1,5-6,8,10H2,2-3H3,(H,15,16,17). The van der Waals surface area contributed by atoms with Crippen LogP contribution in [0.25, 0.3) is 0 Å². The van der Waals surface area contributed by atoms with E-state index in [-0.39, 0.29) is 0 Å². The molecule has 0 spiro atoms. The molecule has 21 heavy (non-hydrogen) atoms. The Bertz CT molecular complexity index is 595. The molecule has 0 atom stereocenters. The first-order chi connectivity index (χ1) is 10.2. The van der Waals surface area contributed by atoms with Gasteiger partial charge in [0.05, 0.1) is 12.7 Å². The number of anilines is 1. The van der Waals surface area contributed by atoms with Gasteiger partial charge in [-0.2, -0.15) is 0 Å². The average Bonchev–Trinajstić information content (AvgIpc) is 2.91. The molecule has 0 bridgehead atoms. The molecule has 0 saturated heterocycles. The van der Waals surface area contributed by atoms with Crippen molar-refractivity contribution in [1.82, 2.24) is 25.0 Å². The number of aryl methyl sites for hydroxylation is 2. The molecular formula is C14H20N6O. The molecule has 2 heterocycles. The predicted octanol–water partition coefficient (Wildman–Crippen LogP) is 1.71. The molecular weight excluding hydrogens is 268 g/mol. The molecule has 2 rings (SSSR count). The molecule has 0 saturated carbocycles. The van der Waals surface area contributed by atoms with Crippen LogP contribution in [0.4, 0.5) is 5.82 Å². The summed E-state index contributed by atoms with van der Waals surface area (Å²) < 4.78 is 6.86. The molecule has 7 heteroatoms. The van der Waals surface area contributed by atoms with Crippen molar-refractivity contribution in [3.05, 3.63) is 42.1 Å². The highest BCUT2D eigenvalue weighted by molar-refractivity contribution is 5.36. The fourth-order valence-electron chi connectivity index (χ4n) is 1.85. The molecule has 112 valence electrons. The minimum Gasteiger partial charge on any atom is -0.377 e. The van der Waals surface area contributed by atoms with Crippen molar-refractivity contribution in [2.75, 3.05) is 12.4 Å². The van der Waals surface area contributed by atoms with Crippen LogP contribution in [0, 0.1) is 6.92 Å². The van der Waals surface area contributed by atoms with E-state index in [1.807, 2.05) is 25.3 Å². The minimum atomic E-state index is 0.397. The zero-order valence-corrected chi connectivity index (χ0v) is 12.4. The number of hydrogen-bond acceptors (Lipinski definition) is 6. The van der Waals surface area contributed by atoms with Crippen LogP contribution in [0.2, 0.25) is 0 Å². The third kappa shape index (κ3) is 4.64. The van der Waals surface area contributed by atoms with Crippen molar-refractivity contribution >= 4 is 5.82 Å². The predicted molar refractivity (Wildman–Crippen MR) is 79.6 cm³/mol. The van der Waals surface area contributed by atoms with Crippen LogP contribution in [0.15, 0.2) is 24.9 Å². The lowest BCUT2D eigenvalue weighted by Gasteiger charge is -2.06. The minimum absolute atomic E-state index is 0.397. The van der Waals surface area contributed by atoms with Crippen LogP contribution in [0.3, 0.4) is 0 Å². The fraction of sp³-hybridized carbons (Fsp3) is 0.429. The Morgan fingerprint density at radius 1 is 1.43 bits per heavy atom. The molecule has 0 aliphatic carbocycles. The van der Waals surface area contributed by atoms with E-state index in [2.05, 4.69) is 32.2 Å². The van der Waals surface area contributed by atoms with Crippen molar-refractivity contribution in [3.8, 4) is 0 Å².